The van der Waals surface area contributed by atoms with E-state index in [2.05, 4.69) is 25.6 Å². The van der Waals surface area contributed by atoms with Crippen molar-refractivity contribution in [2.75, 3.05) is 33.7 Å². The van der Waals surface area contributed by atoms with Gasteiger partial charge < -0.3 is 20.5 Å². The van der Waals surface area contributed by atoms with E-state index in [1.165, 1.54) is 12.1 Å². The summed E-state index contributed by atoms with van der Waals surface area (Å²) in [6, 6.07) is 10.5. The zero-order chi connectivity index (χ0) is 21.3. The number of likely N-dealkylation sites (N-methyl/N-ethyl adjacent to an activating group) is 1. The Hall–Kier alpha value is -3.42. The molecule has 8 heteroatoms. The fraction of sp³-hybridized carbons (Fsp3) is 0.318. The predicted molar refractivity (Wildman–Crippen MR) is 117 cm³/mol. The minimum Gasteiger partial charge on any atom is -0.361 e. The Labute approximate surface area is 175 Å². The molecule has 2 heterocycles. The Bertz CT molecular complexity index is 1000. The first-order valence-electron chi connectivity index (χ1n) is 9.90. The van der Waals surface area contributed by atoms with E-state index >= 15 is 0 Å². The molecule has 3 rings (SSSR count). The number of carbonyl (C=O) groups is 1. The summed E-state index contributed by atoms with van der Waals surface area (Å²) < 4.78 is 13.5. The van der Waals surface area contributed by atoms with Crippen LogP contribution in [-0.2, 0) is 17.6 Å². The Morgan fingerprint density at radius 2 is 2.10 bits per heavy atom. The van der Waals surface area contributed by atoms with E-state index in [9.17, 15) is 9.18 Å². The summed E-state index contributed by atoms with van der Waals surface area (Å²) in [6.07, 6.45) is 5.05. The number of amides is 1. The summed E-state index contributed by atoms with van der Waals surface area (Å²) in [6.45, 7) is 1.35. The third kappa shape index (κ3) is 5.79. The van der Waals surface area contributed by atoms with E-state index in [1.807, 2.05) is 24.4 Å². The Balaban J connectivity index is 1.41. The number of aromatic amines is 1. The minimum atomic E-state index is -0.250. The van der Waals surface area contributed by atoms with Crippen LogP contribution in [0.15, 0.2) is 53.8 Å². The maximum Gasteiger partial charge on any atom is 0.241 e. The first kappa shape index (κ1) is 21.3. The largest absolute Gasteiger partial charge is 0.361 e. The average molecular weight is 410 g/mol. The number of hydrogen-bond acceptors (Lipinski definition) is 3. The van der Waals surface area contributed by atoms with Crippen molar-refractivity contribution in [3.63, 3.8) is 0 Å². The Morgan fingerprint density at radius 3 is 2.87 bits per heavy atom. The Morgan fingerprint density at radius 1 is 1.23 bits per heavy atom. The van der Waals surface area contributed by atoms with Crippen LogP contribution in [0.1, 0.15) is 11.3 Å². The van der Waals surface area contributed by atoms with Crippen LogP contribution in [0.5, 0.6) is 0 Å². The van der Waals surface area contributed by atoms with Crippen LogP contribution >= 0.6 is 0 Å². The van der Waals surface area contributed by atoms with Crippen LogP contribution in [0.4, 0.5) is 4.39 Å². The van der Waals surface area contributed by atoms with Gasteiger partial charge in [-0.25, -0.2) is 4.39 Å². The number of nitrogens with one attached hydrogen (secondary N) is 3. The molecule has 0 fully saturated rings. The number of nitrogens with zero attached hydrogens (tertiary/aromatic N) is 3. The summed E-state index contributed by atoms with van der Waals surface area (Å²) in [5, 5.41) is 7.11. The molecule has 0 atom stereocenters. The second-order valence-corrected chi connectivity index (χ2v) is 6.99. The van der Waals surface area contributed by atoms with Crippen molar-refractivity contribution < 1.29 is 9.18 Å². The predicted octanol–water partition coefficient (Wildman–Crippen LogP) is 2.11. The second-order valence-electron chi connectivity index (χ2n) is 6.99. The van der Waals surface area contributed by atoms with E-state index in [-0.39, 0.29) is 18.3 Å². The molecule has 30 heavy (non-hydrogen) atoms. The molecule has 0 saturated carbocycles. The van der Waals surface area contributed by atoms with Crippen LogP contribution in [0.2, 0.25) is 0 Å². The van der Waals surface area contributed by atoms with Gasteiger partial charge in [0, 0.05) is 62.6 Å². The molecule has 0 bridgehead atoms. The molecule has 0 unspecified atom stereocenters. The standard InChI is InChI=1S/C22H27FN6O/c1-24-22(26-11-8-16-14-27-20-7-6-17(23)13-19(16)20)28-15-21(30)29(2)12-9-18-5-3-4-10-25-18/h3-7,10,13-14,27H,8-9,11-12,15H2,1-2H3,(H2,24,26,28). The monoisotopic (exact) mass is 410 g/mol. The van der Waals surface area contributed by atoms with Crippen LogP contribution in [-0.4, -0.2) is 60.5 Å². The molecule has 0 radical (unpaired) electrons. The molecule has 158 valence electrons. The number of aliphatic imine (C=N–C) groups is 1. The zero-order valence-corrected chi connectivity index (χ0v) is 17.3. The summed E-state index contributed by atoms with van der Waals surface area (Å²) in [5.41, 5.74) is 2.89. The van der Waals surface area contributed by atoms with E-state index in [1.54, 1.807) is 31.3 Å². The highest BCUT2D eigenvalue weighted by molar-refractivity contribution is 5.86. The van der Waals surface area contributed by atoms with E-state index in [0.717, 1.165) is 22.2 Å². The van der Waals surface area contributed by atoms with Crippen LogP contribution in [0.3, 0.4) is 0 Å². The van der Waals surface area contributed by atoms with Gasteiger partial charge in [-0.05, 0) is 42.3 Å². The summed E-state index contributed by atoms with van der Waals surface area (Å²) >= 11 is 0. The van der Waals surface area contributed by atoms with E-state index in [4.69, 9.17) is 0 Å². The van der Waals surface area contributed by atoms with Crippen LogP contribution in [0.25, 0.3) is 10.9 Å². The van der Waals surface area contributed by atoms with Crippen molar-refractivity contribution >= 4 is 22.8 Å². The number of H-pyrrole nitrogens is 1. The number of aromatic nitrogens is 2. The van der Waals surface area contributed by atoms with Crippen molar-refractivity contribution in [2.45, 2.75) is 12.8 Å². The molecule has 1 amide bonds. The van der Waals surface area contributed by atoms with Crippen molar-refractivity contribution in [1.29, 1.82) is 0 Å². The Kier molecular flexibility index (Phi) is 7.37. The highest BCUT2D eigenvalue weighted by Gasteiger charge is 2.10. The van der Waals surface area contributed by atoms with Crippen molar-refractivity contribution in [3.8, 4) is 0 Å². The lowest BCUT2D eigenvalue weighted by molar-refractivity contribution is -0.128. The fourth-order valence-electron chi connectivity index (χ4n) is 3.14. The average Bonchev–Trinajstić information content (AvgIpc) is 3.16. The number of carbonyl (C=O) groups excluding carboxylic acids is 1. The zero-order valence-electron chi connectivity index (χ0n) is 17.3. The SMILES string of the molecule is CN=C(NCCc1c[nH]c2ccc(F)cc12)NCC(=O)N(C)CCc1ccccn1. The van der Waals surface area contributed by atoms with E-state index in [0.29, 0.717) is 31.9 Å². The molecule has 0 aliphatic carbocycles. The van der Waals surface area contributed by atoms with Gasteiger partial charge in [0.05, 0.1) is 6.54 Å². The highest BCUT2D eigenvalue weighted by Crippen LogP contribution is 2.19. The molecule has 0 aliphatic heterocycles. The summed E-state index contributed by atoms with van der Waals surface area (Å²) in [5.74, 6) is 0.271. The molecule has 2 aromatic heterocycles. The first-order chi connectivity index (χ1) is 14.6. The van der Waals surface area contributed by atoms with Gasteiger partial charge in [0.15, 0.2) is 5.96 Å². The molecule has 3 aromatic rings. The van der Waals surface area contributed by atoms with Gasteiger partial charge in [0.2, 0.25) is 5.91 Å². The van der Waals surface area contributed by atoms with Crippen molar-refractivity contribution in [2.24, 2.45) is 4.99 Å². The fourth-order valence-corrected chi connectivity index (χ4v) is 3.14. The van der Waals surface area contributed by atoms with Crippen LogP contribution < -0.4 is 10.6 Å². The molecule has 7 nitrogen and oxygen atoms in total. The first-order valence-corrected chi connectivity index (χ1v) is 9.90. The van der Waals surface area contributed by atoms with Gasteiger partial charge in [0.1, 0.15) is 5.82 Å². The maximum absolute atomic E-state index is 13.5. The number of pyridine rings is 1. The van der Waals surface area contributed by atoms with Gasteiger partial charge >= 0.3 is 0 Å². The summed E-state index contributed by atoms with van der Waals surface area (Å²) in [4.78, 5) is 25.6. The number of rotatable bonds is 8. The molecule has 0 saturated heterocycles. The van der Waals surface area contributed by atoms with Gasteiger partial charge in [-0.2, -0.15) is 0 Å². The highest BCUT2D eigenvalue weighted by atomic mass is 19.1. The minimum absolute atomic E-state index is 0.0269. The quantitative estimate of drug-likeness (QED) is 0.392. The molecular weight excluding hydrogens is 383 g/mol. The molecule has 0 aliphatic rings. The topological polar surface area (TPSA) is 85.4 Å². The van der Waals surface area contributed by atoms with Gasteiger partial charge in [-0.15, -0.1) is 0 Å². The molecule has 0 spiro atoms. The summed E-state index contributed by atoms with van der Waals surface area (Å²) in [7, 11) is 3.44. The number of benzene rings is 1. The molecule has 1 aromatic carbocycles. The smallest absolute Gasteiger partial charge is 0.241 e. The number of hydrogen-bond donors (Lipinski definition) is 3. The van der Waals surface area contributed by atoms with Crippen molar-refractivity contribution in [1.82, 2.24) is 25.5 Å². The van der Waals surface area contributed by atoms with Crippen LogP contribution in [0, 0.1) is 5.82 Å². The van der Waals surface area contributed by atoms with Gasteiger partial charge in [0.25, 0.3) is 0 Å². The lowest BCUT2D eigenvalue weighted by Crippen LogP contribution is -2.44. The second kappa shape index (κ2) is 10.4. The van der Waals surface area contributed by atoms with Gasteiger partial charge in [-0.3, -0.25) is 14.8 Å². The third-order valence-corrected chi connectivity index (χ3v) is 4.90. The number of guanidine groups is 1. The maximum atomic E-state index is 13.5. The normalized spacial score (nSPS) is 11.5. The molecule has 3 N–H and O–H groups in total. The van der Waals surface area contributed by atoms with Gasteiger partial charge in [-0.1, -0.05) is 6.07 Å². The third-order valence-electron chi connectivity index (χ3n) is 4.90. The number of halogens is 1. The molecular formula is C22H27FN6O. The lowest BCUT2D eigenvalue weighted by Gasteiger charge is -2.18. The lowest BCUT2D eigenvalue weighted by atomic mass is 10.1. The number of fused-ring (bicyclic) bond motifs is 1. The van der Waals surface area contributed by atoms with Crippen molar-refractivity contribution in [3.05, 3.63) is 65.9 Å². The van der Waals surface area contributed by atoms with E-state index < -0.39 is 0 Å².